The number of carboxylic acids is 1. The average molecular weight is 374 g/mol. The SMILES string of the molecule is Nc1cc(CN(CCC2CCCCC2)C(=O)[C@H]2C(=O)N[C@@H]2C(=O)O)ccn1. The molecule has 1 aliphatic heterocycles. The van der Waals surface area contributed by atoms with E-state index in [1.165, 1.54) is 19.3 Å². The highest BCUT2D eigenvalue weighted by Crippen LogP contribution is 2.27. The Hall–Kier alpha value is -2.64. The van der Waals surface area contributed by atoms with Crippen molar-refractivity contribution in [2.45, 2.75) is 51.1 Å². The van der Waals surface area contributed by atoms with Gasteiger partial charge < -0.3 is 21.1 Å². The van der Waals surface area contributed by atoms with Crippen LogP contribution in [0.25, 0.3) is 0 Å². The van der Waals surface area contributed by atoms with Crippen molar-refractivity contribution in [2.24, 2.45) is 11.8 Å². The van der Waals surface area contributed by atoms with Gasteiger partial charge in [-0.15, -0.1) is 0 Å². The lowest BCUT2D eigenvalue weighted by atomic mass is 9.86. The van der Waals surface area contributed by atoms with E-state index in [-0.39, 0.29) is 6.54 Å². The fourth-order valence-electron chi connectivity index (χ4n) is 3.93. The van der Waals surface area contributed by atoms with Crippen LogP contribution >= 0.6 is 0 Å². The van der Waals surface area contributed by atoms with Crippen LogP contribution < -0.4 is 11.1 Å². The van der Waals surface area contributed by atoms with Crippen molar-refractivity contribution in [1.29, 1.82) is 0 Å². The lowest BCUT2D eigenvalue weighted by Gasteiger charge is -2.36. The number of nitrogen functional groups attached to an aromatic ring is 1. The smallest absolute Gasteiger partial charge is 0.327 e. The fraction of sp³-hybridized carbons (Fsp3) is 0.579. The van der Waals surface area contributed by atoms with E-state index < -0.39 is 29.7 Å². The Balaban J connectivity index is 1.72. The maximum absolute atomic E-state index is 13.0. The molecule has 2 aliphatic rings. The van der Waals surface area contributed by atoms with Gasteiger partial charge in [-0.3, -0.25) is 9.59 Å². The second kappa shape index (κ2) is 8.37. The van der Waals surface area contributed by atoms with Crippen LogP contribution in [0.2, 0.25) is 0 Å². The summed E-state index contributed by atoms with van der Waals surface area (Å²) in [5.74, 6) is -2.37. The van der Waals surface area contributed by atoms with Crippen LogP contribution in [-0.2, 0) is 20.9 Å². The molecule has 0 bridgehead atoms. The van der Waals surface area contributed by atoms with E-state index in [0.717, 1.165) is 24.8 Å². The summed E-state index contributed by atoms with van der Waals surface area (Å²) in [5.41, 5.74) is 6.54. The zero-order valence-electron chi connectivity index (χ0n) is 15.3. The minimum atomic E-state index is -1.19. The number of pyridine rings is 1. The Labute approximate surface area is 158 Å². The maximum atomic E-state index is 13.0. The molecular formula is C19H26N4O4. The molecule has 27 heavy (non-hydrogen) atoms. The van der Waals surface area contributed by atoms with Crippen LogP contribution in [0, 0.1) is 11.8 Å². The van der Waals surface area contributed by atoms with E-state index in [0.29, 0.717) is 18.3 Å². The number of β-lactam (4-membered cyclic amide) rings is 1. The van der Waals surface area contributed by atoms with E-state index in [9.17, 15) is 19.5 Å². The van der Waals surface area contributed by atoms with Gasteiger partial charge >= 0.3 is 5.97 Å². The third kappa shape index (κ3) is 4.56. The summed E-state index contributed by atoms with van der Waals surface area (Å²) in [6, 6.07) is 2.31. The fourth-order valence-corrected chi connectivity index (χ4v) is 3.93. The van der Waals surface area contributed by atoms with Gasteiger partial charge in [0.25, 0.3) is 0 Å². The first-order chi connectivity index (χ1) is 13.0. The van der Waals surface area contributed by atoms with E-state index in [1.54, 1.807) is 23.2 Å². The van der Waals surface area contributed by atoms with Gasteiger partial charge in [-0.25, -0.2) is 9.78 Å². The van der Waals surface area contributed by atoms with Crippen molar-refractivity contribution in [1.82, 2.24) is 15.2 Å². The van der Waals surface area contributed by atoms with Gasteiger partial charge in [-0.05, 0) is 30.0 Å². The van der Waals surface area contributed by atoms with Gasteiger partial charge in [0, 0.05) is 19.3 Å². The number of nitrogens with one attached hydrogen (secondary N) is 1. The summed E-state index contributed by atoms with van der Waals surface area (Å²) in [6.07, 6.45) is 8.44. The third-order valence-electron chi connectivity index (χ3n) is 5.51. The standard InChI is InChI=1S/C19H26N4O4/c20-14-10-13(6-8-21-14)11-23(9-7-12-4-2-1-3-5-12)18(25)15-16(19(26)27)22-17(15)24/h6,8,10,12,15-16H,1-5,7,9,11H2,(H2,20,21)(H,22,24)(H,26,27)/t15-,16+/m1/s1. The van der Waals surface area contributed by atoms with Gasteiger partial charge in [-0.2, -0.15) is 0 Å². The van der Waals surface area contributed by atoms with Gasteiger partial charge in [0.05, 0.1) is 0 Å². The van der Waals surface area contributed by atoms with E-state index >= 15 is 0 Å². The Morgan fingerprint density at radius 3 is 2.67 bits per heavy atom. The number of aliphatic carboxylic acids is 1. The van der Waals surface area contributed by atoms with Crippen LogP contribution in [-0.4, -0.2) is 45.4 Å². The molecule has 0 aromatic carbocycles. The molecule has 2 heterocycles. The molecule has 0 radical (unpaired) electrons. The second-order valence-corrected chi connectivity index (χ2v) is 7.44. The van der Waals surface area contributed by atoms with Crippen molar-refractivity contribution in [2.75, 3.05) is 12.3 Å². The van der Waals surface area contributed by atoms with Crippen LogP contribution in [0.15, 0.2) is 18.3 Å². The molecule has 2 atom stereocenters. The largest absolute Gasteiger partial charge is 0.480 e. The zero-order valence-corrected chi connectivity index (χ0v) is 15.3. The average Bonchev–Trinajstić information content (AvgIpc) is 2.63. The van der Waals surface area contributed by atoms with Crippen molar-refractivity contribution in [3.63, 3.8) is 0 Å². The molecule has 1 aliphatic carbocycles. The summed E-state index contributed by atoms with van der Waals surface area (Å²) >= 11 is 0. The number of hydrogen-bond donors (Lipinski definition) is 3. The lowest BCUT2D eigenvalue weighted by Crippen LogP contribution is -2.66. The van der Waals surface area contributed by atoms with Crippen LogP contribution in [0.3, 0.4) is 0 Å². The number of nitrogens with zero attached hydrogens (tertiary/aromatic N) is 2. The topological polar surface area (TPSA) is 126 Å². The molecule has 2 fully saturated rings. The van der Waals surface area contributed by atoms with Gasteiger partial charge in [0.1, 0.15) is 17.8 Å². The third-order valence-corrected chi connectivity index (χ3v) is 5.51. The van der Waals surface area contributed by atoms with Crippen LogP contribution in [0.1, 0.15) is 44.1 Å². The molecule has 4 N–H and O–H groups in total. The molecule has 0 unspecified atom stereocenters. The van der Waals surface area contributed by atoms with E-state index in [1.807, 2.05) is 0 Å². The molecule has 1 aromatic heterocycles. The second-order valence-electron chi connectivity index (χ2n) is 7.44. The van der Waals surface area contributed by atoms with Crippen molar-refractivity contribution in [3.05, 3.63) is 23.9 Å². The molecule has 146 valence electrons. The molecule has 1 saturated heterocycles. The summed E-state index contributed by atoms with van der Waals surface area (Å²) in [5, 5.41) is 11.5. The number of aromatic nitrogens is 1. The molecule has 1 saturated carbocycles. The number of anilines is 1. The minimum absolute atomic E-state index is 0.286. The Bertz CT molecular complexity index is 717. The number of rotatable bonds is 7. The monoisotopic (exact) mass is 374 g/mol. The minimum Gasteiger partial charge on any atom is -0.480 e. The predicted octanol–water partition coefficient (Wildman–Crippen LogP) is 1.16. The predicted molar refractivity (Wildman–Crippen MR) is 98.3 cm³/mol. The Kier molecular flexibility index (Phi) is 5.93. The number of carboxylic acid groups (broad SMARTS) is 1. The first-order valence-electron chi connectivity index (χ1n) is 9.48. The highest BCUT2D eigenvalue weighted by Gasteiger charge is 2.50. The van der Waals surface area contributed by atoms with Crippen molar-refractivity contribution in [3.8, 4) is 0 Å². The van der Waals surface area contributed by atoms with E-state index in [2.05, 4.69) is 10.3 Å². The summed E-state index contributed by atoms with van der Waals surface area (Å²) in [6.45, 7) is 0.788. The lowest BCUT2D eigenvalue weighted by molar-refractivity contribution is -0.161. The Morgan fingerprint density at radius 1 is 1.30 bits per heavy atom. The highest BCUT2D eigenvalue weighted by atomic mass is 16.4. The molecule has 0 spiro atoms. The maximum Gasteiger partial charge on any atom is 0.327 e. The van der Waals surface area contributed by atoms with E-state index in [4.69, 9.17) is 5.73 Å². The molecular weight excluding hydrogens is 348 g/mol. The first-order valence-corrected chi connectivity index (χ1v) is 9.48. The van der Waals surface area contributed by atoms with Crippen molar-refractivity contribution < 1.29 is 19.5 Å². The van der Waals surface area contributed by atoms with Gasteiger partial charge in [-0.1, -0.05) is 32.1 Å². The first kappa shape index (κ1) is 19.1. The van der Waals surface area contributed by atoms with Gasteiger partial charge in [0.15, 0.2) is 0 Å². The summed E-state index contributed by atoms with van der Waals surface area (Å²) < 4.78 is 0. The van der Waals surface area contributed by atoms with Crippen molar-refractivity contribution >= 4 is 23.6 Å². The molecule has 1 aromatic rings. The zero-order chi connectivity index (χ0) is 19.4. The highest BCUT2D eigenvalue weighted by molar-refractivity contribution is 6.11. The van der Waals surface area contributed by atoms with Gasteiger partial charge in [0.2, 0.25) is 11.8 Å². The summed E-state index contributed by atoms with van der Waals surface area (Å²) in [7, 11) is 0. The number of carbonyl (C=O) groups is 3. The van der Waals surface area contributed by atoms with Crippen LogP contribution in [0.4, 0.5) is 5.82 Å². The number of hydrogen-bond acceptors (Lipinski definition) is 5. The van der Waals surface area contributed by atoms with Crippen LogP contribution in [0.5, 0.6) is 0 Å². The summed E-state index contributed by atoms with van der Waals surface area (Å²) in [4.78, 5) is 41.6. The number of amides is 2. The molecule has 2 amide bonds. The number of carbonyl (C=O) groups excluding carboxylic acids is 2. The normalized spacial score (nSPS) is 22.6. The Morgan fingerprint density at radius 2 is 2.04 bits per heavy atom. The number of nitrogens with two attached hydrogens (primary N) is 1. The molecule has 3 rings (SSSR count). The molecule has 8 nitrogen and oxygen atoms in total. The quantitative estimate of drug-likeness (QED) is 0.486. The molecule has 8 heteroatoms.